The van der Waals surface area contributed by atoms with Crippen LogP contribution in [-0.2, 0) is 0 Å². The Kier molecular flexibility index (Phi) is 6.27. The molecular weight excluding hydrogens is 270 g/mol. The van der Waals surface area contributed by atoms with Crippen LogP contribution in [0.15, 0.2) is 24.3 Å². The summed E-state index contributed by atoms with van der Waals surface area (Å²) in [5.74, 6) is 1.54. The Morgan fingerprint density at radius 1 is 1.09 bits per heavy atom. The van der Waals surface area contributed by atoms with Crippen LogP contribution in [0.4, 0.5) is 5.69 Å². The molecule has 1 aliphatic rings. The van der Waals surface area contributed by atoms with E-state index in [9.17, 15) is 0 Å². The zero-order chi connectivity index (χ0) is 16.1. The first-order chi connectivity index (χ1) is 10.6. The summed E-state index contributed by atoms with van der Waals surface area (Å²) in [6.07, 6.45) is 1.34. The van der Waals surface area contributed by atoms with Crippen molar-refractivity contribution in [2.45, 2.75) is 40.2 Å². The van der Waals surface area contributed by atoms with Crippen molar-refractivity contribution in [1.29, 1.82) is 0 Å². The Bertz CT molecular complexity index is 428. The van der Waals surface area contributed by atoms with E-state index in [1.165, 1.54) is 30.8 Å². The van der Waals surface area contributed by atoms with Crippen molar-refractivity contribution in [3.63, 3.8) is 0 Å². The highest BCUT2D eigenvalue weighted by atomic mass is 15.2. The van der Waals surface area contributed by atoms with Crippen LogP contribution in [0.1, 0.15) is 45.7 Å². The molecule has 1 aromatic carbocycles. The van der Waals surface area contributed by atoms with Crippen LogP contribution in [0, 0.1) is 11.8 Å². The second-order valence-corrected chi connectivity index (χ2v) is 6.92. The fourth-order valence-electron chi connectivity index (χ4n) is 3.96. The van der Waals surface area contributed by atoms with Crippen LogP contribution in [0.2, 0.25) is 0 Å². The minimum Gasteiger partial charge on any atom is -0.372 e. The molecule has 0 bridgehead atoms. The SMILES string of the molecule is CCN(CC)c1ccc(C(CN)N2C[C@H](C)C[C@H](C)C2)cc1. The second kappa shape index (κ2) is 7.98. The fraction of sp³-hybridized carbons (Fsp3) is 0.684. The van der Waals surface area contributed by atoms with E-state index in [2.05, 4.69) is 61.8 Å². The van der Waals surface area contributed by atoms with Gasteiger partial charge in [0.15, 0.2) is 0 Å². The molecule has 1 heterocycles. The number of nitrogens with zero attached hydrogens (tertiary/aromatic N) is 2. The predicted molar refractivity (Wildman–Crippen MR) is 96.3 cm³/mol. The van der Waals surface area contributed by atoms with Crippen LogP contribution in [-0.4, -0.2) is 37.6 Å². The molecule has 3 nitrogen and oxygen atoms in total. The van der Waals surface area contributed by atoms with Gasteiger partial charge >= 0.3 is 0 Å². The molecule has 2 N–H and O–H groups in total. The zero-order valence-corrected chi connectivity index (χ0v) is 14.8. The molecule has 0 aliphatic carbocycles. The molecule has 0 amide bonds. The number of hydrogen-bond donors (Lipinski definition) is 1. The van der Waals surface area contributed by atoms with Gasteiger partial charge in [0.25, 0.3) is 0 Å². The number of likely N-dealkylation sites (tertiary alicyclic amines) is 1. The van der Waals surface area contributed by atoms with E-state index in [1.807, 2.05) is 0 Å². The highest BCUT2D eigenvalue weighted by molar-refractivity contribution is 5.47. The molecule has 0 radical (unpaired) electrons. The van der Waals surface area contributed by atoms with Crippen LogP contribution < -0.4 is 10.6 Å². The predicted octanol–water partition coefficient (Wildman–Crippen LogP) is 3.51. The molecule has 3 atom stereocenters. The van der Waals surface area contributed by atoms with Gasteiger partial charge in [-0.15, -0.1) is 0 Å². The van der Waals surface area contributed by atoms with Crippen LogP contribution >= 0.6 is 0 Å². The van der Waals surface area contributed by atoms with E-state index < -0.39 is 0 Å². The first-order valence-electron chi connectivity index (χ1n) is 8.88. The summed E-state index contributed by atoms with van der Waals surface area (Å²) < 4.78 is 0. The first kappa shape index (κ1) is 17.3. The van der Waals surface area contributed by atoms with Gasteiger partial charge < -0.3 is 10.6 Å². The lowest BCUT2D eigenvalue weighted by atomic mass is 9.89. The summed E-state index contributed by atoms with van der Waals surface area (Å²) in [5.41, 5.74) is 8.80. The lowest BCUT2D eigenvalue weighted by molar-refractivity contribution is 0.0984. The number of rotatable bonds is 6. The van der Waals surface area contributed by atoms with Crippen molar-refractivity contribution in [2.24, 2.45) is 17.6 Å². The molecule has 1 unspecified atom stereocenters. The normalized spacial score (nSPS) is 24.2. The van der Waals surface area contributed by atoms with Crippen molar-refractivity contribution in [1.82, 2.24) is 4.90 Å². The van der Waals surface area contributed by atoms with Crippen molar-refractivity contribution in [3.05, 3.63) is 29.8 Å². The summed E-state index contributed by atoms with van der Waals surface area (Å²) in [6, 6.07) is 9.41. The summed E-state index contributed by atoms with van der Waals surface area (Å²) in [7, 11) is 0. The first-order valence-corrected chi connectivity index (χ1v) is 8.88. The summed E-state index contributed by atoms with van der Waals surface area (Å²) in [4.78, 5) is 4.97. The summed E-state index contributed by atoms with van der Waals surface area (Å²) in [6.45, 7) is 14.3. The molecule has 3 heteroatoms. The van der Waals surface area contributed by atoms with Gasteiger partial charge in [-0.2, -0.15) is 0 Å². The van der Waals surface area contributed by atoms with Gasteiger partial charge in [0.1, 0.15) is 0 Å². The number of hydrogen-bond acceptors (Lipinski definition) is 3. The minimum atomic E-state index is 0.357. The van der Waals surface area contributed by atoms with E-state index >= 15 is 0 Å². The topological polar surface area (TPSA) is 32.5 Å². The minimum absolute atomic E-state index is 0.357. The largest absolute Gasteiger partial charge is 0.372 e. The Morgan fingerprint density at radius 3 is 2.09 bits per heavy atom. The molecule has 1 saturated heterocycles. The molecule has 1 aromatic rings. The Hall–Kier alpha value is -1.06. The molecule has 0 spiro atoms. The Balaban J connectivity index is 2.13. The third-order valence-electron chi connectivity index (χ3n) is 4.97. The molecule has 124 valence electrons. The Morgan fingerprint density at radius 2 is 1.64 bits per heavy atom. The maximum Gasteiger partial charge on any atom is 0.0470 e. The molecule has 2 rings (SSSR count). The number of benzene rings is 1. The van der Waals surface area contributed by atoms with Crippen LogP contribution in [0.3, 0.4) is 0 Å². The smallest absolute Gasteiger partial charge is 0.0470 e. The van der Waals surface area contributed by atoms with Crippen molar-refractivity contribution in [3.8, 4) is 0 Å². The number of anilines is 1. The highest BCUT2D eigenvalue weighted by Crippen LogP contribution is 2.29. The van der Waals surface area contributed by atoms with Gasteiger partial charge in [-0.25, -0.2) is 0 Å². The highest BCUT2D eigenvalue weighted by Gasteiger charge is 2.27. The molecular formula is C19H33N3. The lowest BCUT2D eigenvalue weighted by Gasteiger charge is -2.40. The average Bonchev–Trinajstić information content (AvgIpc) is 2.50. The van der Waals surface area contributed by atoms with Crippen molar-refractivity contribution in [2.75, 3.05) is 37.6 Å². The van der Waals surface area contributed by atoms with Gasteiger partial charge in [0, 0.05) is 44.5 Å². The molecule has 0 aromatic heterocycles. The Labute approximate surface area is 136 Å². The molecule has 22 heavy (non-hydrogen) atoms. The summed E-state index contributed by atoms with van der Waals surface area (Å²) in [5, 5.41) is 0. The molecule has 1 fully saturated rings. The maximum atomic E-state index is 6.12. The third-order valence-corrected chi connectivity index (χ3v) is 4.97. The molecule has 0 saturated carbocycles. The number of nitrogens with two attached hydrogens (primary N) is 1. The maximum absolute atomic E-state index is 6.12. The molecule has 1 aliphatic heterocycles. The quantitative estimate of drug-likeness (QED) is 0.873. The van der Waals surface area contributed by atoms with Gasteiger partial charge in [-0.05, 0) is 49.8 Å². The van der Waals surface area contributed by atoms with Gasteiger partial charge in [-0.1, -0.05) is 26.0 Å². The average molecular weight is 303 g/mol. The van der Waals surface area contributed by atoms with Gasteiger partial charge in [0.2, 0.25) is 0 Å². The van der Waals surface area contributed by atoms with E-state index in [4.69, 9.17) is 5.73 Å². The fourth-order valence-corrected chi connectivity index (χ4v) is 3.96. The van der Waals surface area contributed by atoms with E-state index in [0.717, 1.165) is 24.9 Å². The van der Waals surface area contributed by atoms with E-state index in [0.29, 0.717) is 12.6 Å². The standard InChI is InChI=1S/C19H33N3/c1-5-21(6-2)18-9-7-17(8-10-18)19(12-20)22-13-15(3)11-16(4)14-22/h7-10,15-16,19H,5-6,11-14,20H2,1-4H3/t15-,16+,19?. The monoisotopic (exact) mass is 303 g/mol. The number of piperidine rings is 1. The van der Waals surface area contributed by atoms with Crippen LogP contribution in [0.5, 0.6) is 0 Å². The third kappa shape index (κ3) is 4.02. The zero-order valence-electron chi connectivity index (χ0n) is 14.8. The van der Waals surface area contributed by atoms with Crippen molar-refractivity contribution < 1.29 is 0 Å². The van der Waals surface area contributed by atoms with Crippen molar-refractivity contribution >= 4 is 5.69 Å². The van der Waals surface area contributed by atoms with Gasteiger partial charge in [-0.3, -0.25) is 4.90 Å². The summed E-state index contributed by atoms with van der Waals surface area (Å²) >= 11 is 0. The second-order valence-electron chi connectivity index (χ2n) is 6.92. The van der Waals surface area contributed by atoms with Gasteiger partial charge in [0.05, 0.1) is 0 Å². The lowest BCUT2D eigenvalue weighted by Crippen LogP contribution is -2.43. The van der Waals surface area contributed by atoms with E-state index in [-0.39, 0.29) is 0 Å². The van der Waals surface area contributed by atoms with E-state index in [1.54, 1.807) is 0 Å². The van der Waals surface area contributed by atoms with Crippen LogP contribution in [0.25, 0.3) is 0 Å².